The van der Waals surface area contributed by atoms with Gasteiger partial charge in [0.05, 0.1) is 6.54 Å². The van der Waals surface area contributed by atoms with E-state index in [4.69, 9.17) is 18.0 Å². The van der Waals surface area contributed by atoms with Crippen LogP contribution in [0.4, 0.5) is 5.82 Å². The fourth-order valence-corrected chi connectivity index (χ4v) is 3.41. The molecule has 0 aliphatic rings. The lowest BCUT2D eigenvalue weighted by Crippen LogP contribution is -2.40. The molecular formula is C19H16N4O3S2. The van der Waals surface area contributed by atoms with Crippen LogP contribution in [0.5, 0.6) is 0 Å². The third-order valence-electron chi connectivity index (χ3n) is 3.83. The molecule has 0 aliphatic carbocycles. The predicted octanol–water partition coefficient (Wildman–Crippen LogP) is 1.73. The summed E-state index contributed by atoms with van der Waals surface area (Å²) in [6.07, 6.45) is 2.94. The number of amides is 1. The molecule has 0 saturated heterocycles. The molecule has 28 heavy (non-hydrogen) atoms. The molecule has 4 N–H and O–H groups in total. The Hall–Kier alpha value is -3.30. The normalized spacial score (nSPS) is 10.9. The zero-order chi connectivity index (χ0) is 20.1. The van der Waals surface area contributed by atoms with Crippen LogP contribution >= 0.6 is 23.6 Å². The standard InChI is InChI=1S/C19H16N4O3S2/c20-16-15(18(27)21-14(24)9-8-13-7-4-10-28-13)17(25)22-19(26)23(16)11-12-5-2-1-3-6-12/h1-10H,11,20H2,(H,21,24,27)(H,22,25,26). The van der Waals surface area contributed by atoms with Crippen molar-refractivity contribution in [3.8, 4) is 0 Å². The van der Waals surface area contributed by atoms with Gasteiger partial charge in [-0.25, -0.2) is 4.79 Å². The molecule has 3 rings (SSSR count). The van der Waals surface area contributed by atoms with Gasteiger partial charge in [0.15, 0.2) is 0 Å². The summed E-state index contributed by atoms with van der Waals surface area (Å²) in [5.74, 6) is -0.608. The van der Waals surface area contributed by atoms with E-state index in [1.807, 2.05) is 47.8 Å². The number of benzene rings is 1. The molecular weight excluding hydrogens is 396 g/mol. The van der Waals surface area contributed by atoms with Gasteiger partial charge >= 0.3 is 5.69 Å². The van der Waals surface area contributed by atoms with E-state index in [0.29, 0.717) is 0 Å². The highest BCUT2D eigenvalue weighted by Crippen LogP contribution is 2.11. The van der Waals surface area contributed by atoms with Crippen LogP contribution in [0.25, 0.3) is 6.08 Å². The van der Waals surface area contributed by atoms with Crippen molar-refractivity contribution in [1.29, 1.82) is 0 Å². The lowest BCUT2D eigenvalue weighted by molar-refractivity contribution is -0.115. The fraction of sp³-hybridized carbons (Fsp3) is 0.0526. The second-order valence-electron chi connectivity index (χ2n) is 5.76. The summed E-state index contributed by atoms with van der Waals surface area (Å²) >= 11 is 6.65. The van der Waals surface area contributed by atoms with Crippen LogP contribution in [0.3, 0.4) is 0 Å². The number of anilines is 1. The third-order valence-corrected chi connectivity index (χ3v) is 4.97. The molecule has 9 heteroatoms. The SMILES string of the molecule is Nc1c(C(=S)NC(=O)C=Cc2cccs2)c(=O)[nH]c(=O)n1Cc1ccccc1. The number of nitrogen functional groups attached to an aromatic ring is 1. The highest BCUT2D eigenvalue weighted by Gasteiger charge is 2.17. The molecule has 0 radical (unpaired) electrons. The van der Waals surface area contributed by atoms with Gasteiger partial charge in [0.25, 0.3) is 5.56 Å². The maximum absolute atomic E-state index is 12.2. The summed E-state index contributed by atoms with van der Waals surface area (Å²) in [6, 6.07) is 12.9. The number of nitrogens with one attached hydrogen (secondary N) is 2. The molecule has 1 amide bonds. The average Bonchev–Trinajstić information content (AvgIpc) is 3.18. The van der Waals surface area contributed by atoms with Crippen LogP contribution in [0, 0.1) is 0 Å². The minimum absolute atomic E-state index is 0.106. The summed E-state index contributed by atoms with van der Waals surface area (Å²) in [4.78, 5) is 39.4. The number of H-pyrrole nitrogens is 1. The number of nitrogens with two attached hydrogens (primary N) is 1. The Kier molecular flexibility index (Phi) is 5.97. The number of hydrogen-bond donors (Lipinski definition) is 3. The van der Waals surface area contributed by atoms with E-state index in [1.165, 1.54) is 22.0 Å². The molecule has 2 heterocycles. The molecule has 0 atom stereocenters. The number of thiocarbonyl (C=S) groups is 1. The number of nitrogens with zero attached hydrogens (tertiary/aromatic N) is 1. The van der Waals surface area contributed by atoms with Crippen LogP contribution in [0.15, 0.2) is 63.5 Å². The van der Waals surface area contributed by atoms with Gasteiger partial charge in [-0.3, -0.25) is 19.1 Å². The van der Waals surface area contributed by atoms with Crippen molar-refractivity contribution in [1.82, 2.24) is 14.9 Å². The Morgan fingerprint density at radius 3 is 2.64 bits per heavy atom. The monoisotopic (exact) mass is 412 g/mol. The zero-order valence-corrected chi connectivity index (χ0v) is 16.2. The van der Waals surface area contributed by atoms with Gasteiger partial charge in [-0.1, -0.05) is 48.6 Å². The van der Waals surface area contributed by atoms with E-state index >= 15 is 0 Å². The van der Waals surface area contributed by atoms with Crippen LogP contribution in [-0.2, 0) is 11.3 Å². The minimum atomic E-state index is -0.751. The van der Waals surface area contributed by atoms with Crippen molar-refractivity contribution in [3.05, 3.63) is 90.8 Å². The van der Waals surface area contributed by atoms with E-state index < -0.39 is 17.2 Å². The van der Waals surface area contributed by atoms with Crippen LogP contribution in [0.2, 0.25) is 0 Å². The maximum atomic E-state index is 12.2. The van der Waals surface area contributed by atoms with Gasteiger partial charge in [0.2, 0.25) is 5.91 Å². The summed E-state index contributed by atoms with van der Waals surface area (Å²) in [5.41, 5.74) is 5.35. The Balaban J connectivity index is 1.85. The number of thiophene rings is 1. The largest absolute Gasteiger partial charge is 0.384 e. The van der Waals surface area contributed by atoms with Gasteiger partial charge in [0, 0.05) is 11.0 Å². The quantitative estimate of drug-likeness (QED) is 0.437. The van der Waals surface area contributed by atoms with E-state index in [1.54, 1.807) is 6.08 Å². The topological polar surface area (TPSA) is 110 Å². The van der Waals surface area contributed by atoms with Crippen molar-refractivity contribution in [2.45, 2.75) is 6.54 Å². The van der Waals surface area contributed by atoms with Gasteiger partial charge in [-0.15, -0.1) is 11.3 Å². The third kappa shape index (κ3) is 4.51. The zero-order valence-electron chi connectivity index (χ0n) is 14.5. The number of carbonyl (C=O) groups excluding carboxylic acids is 1. The van der Waals surface area contributed by atoms with Crippen molar-refractivity contribution in [3.63, 3.8) is 0 Å². The second-order valence-corrected chi connectivity index (χ2v) is 7.15. The van der Waals surface area contributed by atoms with Crippen LogP contribution in [0.1, 0.15) is 16.0 Å². The van der Waals surface area contributed by atoms with Crippen LogP contribution < -0.4 is 22.3 Å². The first-order valence-electron chi connectivity index (χ1n) is 8.19. The minimum Gasteiger partial charge on any atom is -0.384 e. The summed E-state index contributed by atoms with van der Waals surface area (Å²) < 4.78 is 1.20. The molecule has 1 aromatic carbocycles. The molecule has 0 bridgehead atoms. The highest BCUT2D eigenvalue weighted by molar-refractivity contribution is 7.80. The fourth-order valence-electron chi connectivity index (χ4n) is 2.49. The first-order valence-corrected chi connectivity index (χ1v) is 9.48. The highest BCUT2D eigenvalue weighted by atomic mass is 32.1. The Labute approximate surface area is 169 Å². The average molecular weight is 412 g/mol. The van der Waals surface area contributed by atoms with Gasteiger partial charge < -0.3 is 11.1 Å². The molecule has 7 nitrogen and oxygen atoms in total. The summed E-state index contributed by atoms with van der Waals surface area (Å²) in [7, 11) is 0. The molecule has 0 spiro atoms. The van der Waals surface area contributed by atoms with E-state index in [0.717, 1.165) is 10.4 Å². The lowest BCUT2D eigenvalue weighted by Gasteiger charge is -2.13. The number of hydrogen-bond acceptors (Lipinski definition) is 6. The molecule has 3 aromatic rings. The van der Waals surface area contributed by atoms with Crippen molar-refractivity contribution in [2.75, 3.05) is 5.73 Å². The number of carbonyl (C=O) groups is 1. The first kappa shape index (κ1) is 19.5. The molecule has 2 aromatic heterocycles. The molecule has 0 aliphatic heterocycles. The maximum Gasteiger partial charge on any atom is 0.330 e. The van der Waals surface area contributed by atoms with Crippen molar-refractivity contribution in [2.24, 2.45) is 0 Å². The first-order chi connectivity index (χ1) is 13.5. The van der Waals surface area contributed by atoms with Crippen molar-refractivity contribution < 1.29 is 4.79 Å². The van der Waals surface area contributed by atoms with Gasteiger partial charge in [-0.2, -0.15) is 0 Å². The number of rotatable bonds is 5. The number of aromatic amines is 1. The van der Waals surface area contributed by atoms with Crippen LogP contribution in [-0.4, -0.2) is 20.4 Å². The molecule has 0 unspecified atom stereocenters. The predicted molar refractivity (Wildman–Crippen MR) is 114 cm³/mol. The number of aromatic nitrogens is 2. The Morgan fingerprint density at radius 1 is 1.21 bits per heavy atom. The van der Waals surface area contributed by atoms with E-state index in [2.05, 4.69) is 10.3 Å². The second kappa shape index (κ2) is 8.59. The summed E-state index contributed by atoms with van der Waals surface area (Å²) in [6.45, 7) is 0.157. The van der Waals surface area contributed by atoms with E-state index in [9.17, 15) is 14.4 Å². The molecule has 0 fully saturated rings. The Morgan fingerprint density at radius 2 is 1.96 bits per heavy atom. The Bertz CT molecular complexity index is 1150. The van der Waals surface area contributed by atoms with E-state index in [-0.39, 0.29) is 22.9 Å². The van der Waals surface area contributed by atoms with Gasteiger partial charge in [-0.05, 0) is 23.1 Å². The smallest absolute Gasteiger partial charge is 0.330 e. The van der Waals surface area contributed by atoms with Crippen molar-refractivity contribution >= 4 is 46.3 Å². The summed E-state index contributed by atoms with van der Waals surface area (Å²) in [5, 5.41) is 4.33. The van der Waals surface area contributed by atoms with Gasteiger partial charge in [0.1, 0.15) is 16.4 Å². The lowest BCUT2D eigenvalue weighted by atomic mass is 10.2. The molecule has 142 valence electrons. The molecule has 0 saturated carbocycles.